The van der Waals surface area contributed by atoms with Crippen LogP contribution in [0.25, 0.3) is 0 Å². The van der Waals surface area contributed by atoms with Gasteiger partial charge in [-0.15, -0.1) is 0 Å². The fraction of sp³-hybridized carbons (Fsp3) is 0.0833. The second kappa shape index (κ2) is 5.79. The summed E-state index contributed by atoms with van der Waals surface area (Å²) in [4.78, 5) is 3.92. The van der Waals surface area contributed by atoms with E-state index < -0.39 is 15.8 Å². The zero-order chi connectivity index (χ0) is 14.9. The Bertz CT molecular complexity index is 766. The molecular formula is C12H9Br2FN2O2S. The summed E-state index contributed by atoms with van der Waals surface area (Å²) in [7, 11) is -3.83. The van der Waals surface area contributed by atoms with E-state index in [9.17, 15) is 12.8 Å². The predicted molar refractivity (Wildman–Crippen MR) is 81.6 cm³/mol. The van der Waals surface area contributed by atoms with Gasteiger partial charge in [0, 0.05) is 15.1 Å². The Labute approximate surface area is 132 Å². The Hall–Kier alpha value is -0.990. The first-order valence-corrected chi connectivity index (χ1v) is 8.46. The maximum Gasteiger partial charge on any atom is 0.264 e. The third-order valence-corrected chi connectivity index (χ3v) is 5.63. The van der Waals surface area contributed by atoms with Crippen LogP contribution in [0, 0.1) is 12.7 Å². The minimum Gasteiger partial charge on any atom is -0.263 e. The number of benzene rings is 1. The number of aromatic nitrogens is 1. The second-order valence-electron chi connectivity index (χ2n) is 4.00. The van der Waals surface area contributed by atoms with Crippen LogP contribution in [-0.2, 0) is 10.0 Å². The SMILES string of the molecule is Cc1cc(NS(=O)(=O)c2ccc(F)cc2Br)ncc1Br. The third-order valence-electron chi connectivity index (χ3n) is 2.47. The molecule has 0 saturated carbocycles. The molecule has 0 amide bonds. The maximum atomic E-state index is 13.0. The van der Waals surface area contributed by atoms with Gasteiger partial charge in [-0.2, -0.15) is 0 Å². The summed E-state index contributed by atoms with van der Waals surface area (Å²) in [6.07, 6.45) is 1.51. The largest absolute Gasteiger partial charge is 0.264 e. The average Bonchev–Trinajstić information content (AvgIpc) is 2.33. The summed E-state index contributed by atoms with van der Waals surface area (Å²) >= 11 is 6.32. The lowest BCUT2D eigenvalue weighted by Gasteiger charge is -2.10. The van der Waals surface area contributed by atoms with E-state index in [1.165, 1.54) is 12.3 Å². The van der Waals surface area contributed by atoms with Gasteiger partial charge in [-0.3, -0.25) is 4.72 Å². The Morgan fingerprint density at radius 2 is 1.90 bits per heavy atom. The lowest BCUT2D eigenvalue weighted by atomic mass is 10.3. The molecule has 0 fully saturated rings. The molecular weight excluding hydrogens is 415 g/mol. The number of rotatable bonds is 3. The van der Waals surface area contributed by atoms with Crippen LogP contribution in [0.2, 0.25) is 0 Å². The van der Waals surface area contributed by atoms with Crippen LogP contribution in [0.15, 0.2) is 44.3 Å². The molecule has 0 aliphatic carbocycles. The van der Waals surface area contributed by atoms with Crippen LogP contribution in [0.1, 0.15) is 5.56 Å². The monoisotopic (exact) mass is 422 g/mol. The van der Waals surface area contributed by atoms with Gasteiger partial charge in [0.05, 0.1) is 0 Å². The number of aryl methyl sites for hydroxylation is 1. The maximum absolute atomic E-state index is 13.0. The van der Waals surface area contributed by atoms with Crippen molar-refractivity contribution in [2.45, 2.75) is 11.8 Å². The van der Waals surface area contributed by atoms with Crippen molar-refractivity contribution in [2.75, 3.05) is 4.72 Å². The van der Waals surface area contributed by atoms with Crippen LogP contribution in [0.5, 0.6) is 0 Å². The Balaban J connectivity index is 2.38. The zero-order valence-electron chi connectivity index (χ0n) is 10.2. The Morgan fingerprint density at radius 1 is 1.20 bits per heavy atom. The van der Waals surface area contributed by atoms with Crippen molar-refractivity contribution in [3.05, 3.63) is 50.8 Å². The first-order chi connectivity index (χ1) is 9.29. The van der Waals surface area contributed by atoms with Gasteiger partial charge in [-0.1, -0.05) is 0 Å². The first kappa shape index (κ1) is 15.4. The van der Waals surface area contributed by atoms with Crippen molar-refractivity contribution in [2.24, 2.45) is 0 Å². The molecule has 0 radical (unpaired) electrons. The summed E-state index contributed by atoms with van der Waals surface area (Å²) in [6.45, 7) is 1.82. The second-order valence-corrected chi connectivity index (χ2v) is 7.36. The highest BCUT2D eigenvalue weighted by molar-refractivity contribution is 9.10. The molecule has 106 valence electrons. The number of hydrogen-bond donors (Lipinski definition) is 1. The van der Waals surface area contributed by atoms with Gasteiger partial charge >= 0.3 is 0 Å². The van der Waals surface area contributed by atoms with E-state index in [1.807, 2.05) is 6.92 Å². The van der Waals surface area contributed by atoms with Crippen LogP contribution < -0.4 is 4.72 Å². The number of pyridine rings is 1. The van der Waals surface area contributed by atoms with E-state index in [-0.39, 0.29) is 15.2 Å². The van der Waals surface area contributed by atoms with Gasteiger partial charge in [0.15, 0.2) is 0 Å². The van der Waals surface area contributed by atoms with Gasteiger partial charge < -0.3 is 0 Å². The van der Waals surface area contributed by atoms with E-state index in [0.717, 1.165) is 22.2 Å². The molecule has 8 heteroatoms. The van der Waals surface area contributed by atoms with Crippen molar-refractivity contribution in [3.63, 3.8) is 0 Å². The molecule has 0 atom stereocenters. The van der Waals surface area contributed by atoms with Crippen LogP contribution in [-0.4, -0.2) is 13.4 Å². The molecule has 1 aromatic heterocycles. The van der Waals surface area contributed by atoms with Gasteiger partial charge in [-0.25, -0.2) is 17.8 Å². The summed E-state index contributed by atoms with van der Waals surface area (Å²) in [5.41, 5.74) is 0.843. The van der Waals surface area contributed by atoms with Gasteiger partial charge in [-0.05, 0) is 68.6 Å². The van der Waals surface area contributed by atoms with Crippen molar-refractivity contribution in [1.82, 2.24) is 4.98 Å². The molecule has 2 aromatic rings. The van der Waals surface area contributed by atoms with Gasteiger partial charge in [0.25, 0.3) is 10.0 Å². The fourth-order valence-corrected chi connectivity index (χ4v) is 3.75. The van der Waals surface area contributed by atoms with E-state index in [0.29, 0.717) is 0 Å². The Kier molecular flexibility index (Phi) is 4.46. The summed E-state index contributed by atoms with van der Waals surface area (Å²) in [5, 5.41) is 0. The number of sulfonamides is 1. The highest BCUT2D eigenvalue weighted by Gasteiger charge is 2.19. The quantitative estimate of drug-likeness (QED) is 0.815. The smallest absolute Gasteiger partial charge is 0.263 e. The van der Waals surface area contributed by atoms with Crippen molar-refractivity contribution in [3.8, 4) is 0 Å². The molecule has 1 heterocycles. The molecule has 0 aliphatic heterocycles. The van der Waals surface area contributed by atoms with Crippen molar-refractivity contribution < 1.29 is 12.8 Å². The van der Waals surface area contributed by atoms with Crippen LogP contribution in [0.4, 0.5) is 10.2 Å². The molecule has 1 aromatic carbocycles. The fourth-order valence-electron chi connectivity index (χ4n) is 1.48. The molecule has 0 saturated heterocycles. The summed E-state index contributed by atoms with van der Waals surface area (Å²) in [6, 6.07) is 4.96. The molecule has 1 N–H and O–H groups in total. The molecule has 2 rings (SSSR count). The Morgan fingerprint density at radius 3 is 2.50 bits per heavy atom. The lowest BCUT2D eigenvalue weighted by molar-refractivity contribution is 0.598. The molecule has 0 aliphatic rings. The van der Waals surface area contributed by atoms with E-state index in [2.05, 4.69) is 41.6 Å². The van der Waals surface area contributed by atoms with Gasteiger partial charge in [0.2, 0.25) is 0 Å². The highest BCUT2D eigenvalue weighted by Crippen LogP contribution is 2.25. The average molecular weight is 424 g/mol. The van der Waals surface area contributed by atoms with E-state index >= 15 is 0 Å². The normalized spacial score (nSPS) is 11.4. The number of anilines is 1. The predicted octanol–water partition coefficient (Wildman–Crippen LogP) is 3.85. The van der Waals surface area contributed by atoms with Crippen molar-refractivity contribution in [1.29, 1.82) is 0 Å². The molecule has 20 heavy (non-hydrogen) atoms. The zero-order valence-corrected chi connectivity index (χ0v) is 14.2. The number of nitrogens with one attached hydrogen (secondary N) is 1. The molecule has 0 unspecified atom stereocenters. The molecule has 0 spiro atoms. The highest BCUT2D eigenvalue weighted by atomic mass is 79.9. The van der Waals surface area contributed by atoms with Crippen LogP contribution in [0.3, 0.4) is 0 Å². The summed E-state index contributed by atoms with van der Waals surface area (Å²) in [5.74, 6) is -0.324. The van der Waals surface area contributed by atoms with Crippen LogP contribution >= 0.6 is 31.9 Å². The number of nitrogens with zero attached hydrogens (tertiary/aromatic N) is 1. The standard InChI is InChI=1S/C12H9Br2FN2O2S/c1-7-4-12(16-6-10(7)14)17-20(18,19)11-3-2-8(15)5-9(11)13/h2-6H,1H3,(H,16,17). The lowest BCUT2D eigenvalue weighted by Crippen LogP contribution is -2.14. The number of hydrogen-bond acceptors (Lipinski definition) is 3. The van der Waals surface area contributed by atoms with Gasteiger partial charge in [0.1, 0.15) is 16.5 Å². The minimum atomic E-state index is -3.83. The minimum absolute atomic E-state index is 0.0544. The number of halogens is 3. The molecule has 4 nitrogen and oxygen atoms in total. The summed E-state index contributed by atoms with van der Waals surface area (Å²) < 4.78 is 40.7. The topological polar surface area (TPSA) is 59.1 Å². The first-order valence-electron chi connectivity index (χ1n) is 5.39. The van der Waals surface area contributed by atoms with Crippen molar-refractivity contribution >= 4 is 47.7 Å². The van der Waals surface area contributed by atoms with E-state index in [1.54, 1.807) is 6.07 Å². The molecule has 0 bridgehead atoms. The third kappa shape index (κ3) is 3.36. The van der Waals surface area contributed by atoms with E-state index in [4.69, 9.17) is 0 Å².